The Labute approximate surface area is 118 Å². The molecule has 106 valence electrons. The maximum Gasteiger partial charge on any atom is 0.320 e. The van der Waals surface area contributed by atoms with Gasteiger partial charge in [-0.25, -0.2) is 0 Å². The van der Waals surface area contributed by atoms with E-state index in [2.05, 4.69) is 5.32 Å². The number of halogens is 1. The molecular formula is C13H19ClN2O3. The van der Waals surface area contributed by atoms with Gasteiger partial charge in [0, 0.05) is 12.1 Å². The number of carbonyl (C=O) groups excluding carboxylic acids is 1. The Morgan fingerprint density at radius 1 is 1.21 bits per heavy atom. The summed E-state index contributed by atoms with van der Waals surface area (Å²) < 4.78 is 0. The minimum absolute atomic E-state index is 0. The summed E-state index contributed by atoms with van der Waals surface area (Å²) in [5, 5.41) is 11.4. The summed E-state index contributed by atoms with van der Waals surface area (Å²) in [6, 6.07) is 8.15. The number of carboxylic acids is 1. The standard InChI is InChI=1S/C13H18N2O3.ClH/c14-11(13(17)18)8-4-5-9-15-12(16)10-6-2-1-3-7-10;/h1-3,6-7,11H,4-5,8-9,14H2,(H,15,16)(H,17,18);1H. The number of hydrogen-bond donors (Lipinski definition) is 3. The Morgan fingerprint density at radius 3 is 2.42 bits per heavy atom. The number of nitrogens with one attached hydrogen (secondary N) is 1. The fourth-order valence-corrected chi connectivity index (χ4v) is 1.51. The van der Waals surface area contributed by atoms with Crippen LogP contribution in [0, 0.1) is 0 Å². The highest BCUT2D eigenvalue weighted by atomic mass is 35.5. The van der Waals surface area contributed by atoms with Crippen LogP contribution in [0.15, 0.2) is 30.3 Å². The second kappa shape index (κ2) is 9.35. The molecule has 0 heterocycles. The number of carbonyl (C=O) groups is 2. The van der Waals surface area contributed by atoms with E-state index in [-0.39, 0.29) is 18.3 Å². The highest BCUT2D eigenvalue weighted by Gasteiger charge is 2.10. The predicted octanol–water partition coefficient (Wildman–Crippen LogP) is 1.42. The molecule has 6 heteroatoms. The SMILES string of the molecule is Cl.NC(CCCCNC(=O)c1ccccc1)C(=O)O. The van der Waals surface area contributed by atoms with Crippen LogP contribution < -0.4 is 11.1 Å². The molecular weight excluding hydrogens is 268 g/mol. The van der Waals surface area contributed by atoms with Gasteiger partial charge in [-0.3, -0.25) is 9.59 Å². The van der Waals surface area contributed by atoms with Crippen molar-refractivity contribution in [3.05, 3.63) is 35.9 Å². The molecule has 1 amide bonds. The van der Waals surface area contributed by atoms with Gasteiger partial charge in [0.15, 0.2) is 0 Å². The minimum atomic E-state index is -0.983. The Bertz CT molecular complexity index is 398. The molecule has 0 radical (unpaired) electrons. The average molecular weight is 287 g/mol. The summed E-state index contributed by atoms with van der Waals surface area (Å²) >= 11 is 0. The van der Waals surface area contributed by atoms with E-state index in [1.165, 1.54) is 0 Å². The van der Waals surface area contributed by atoms with E-state index in [1.54, 1.807) is 24.3 Å². The number of carboxylic acid groups (broad SMARTS) is 1. The van der Waals surface area contributed by atoms with E-state index in [9.17, 15) is 9.59 Å². The number of benzene rings is 1. The van der Waals surface area contributed by atoms with Crippen LogP contribution in [0.3, 0.4) is 0 Å². The first kappa shape index (κ1) is 17.4. The maximum absolute atomic E-state index is 11.6. The fraction of sp³-hybridized carbons (Fsp3) is 0.385. The fourth-order valence-electron chi connectivity index (χ4n) is 1.51. The molecule has 0 saturated heterocycles. The zero-order valence-corrected chi connectivity index (χ0v) is 11.4. The maximum atomic E-state index is 11.6. The molecule has 1 rings (SSSR count). The summed E-state index contributed by atoms with van der Waals surface area (Å²) in [4.78, 5) is 22.1. The number of aliphatic carboxylic acids is 1. The topological polar surface area (TPSA) is 92.4 Å². The Balaban J connectivity index is 0.00000324. The summed E-state index contributed by atoms with van der Waals surface area (Å²) in [6.07, 6.45) is 1.83. The van der Waals surface area contributed by atoms with Crippen molar-refractivity contribution in [2.24, 2.45) is 5.73 Å². The Kier molecular flexibility index (Phi) is 8.57. The van der Waals surface area contributed by atoms with Crippen LogP contribution in [0.1, 0.15) is 29.6 Å². The first-order valence-corrected chi connectivity index (χ1v) is 5.93. The van der Waals surface area contributed by atoms with Crippen molar-refractivity contribution < 1.29 is 14.7 Å². The number of nitrogens with two attached hydrogens (primary N) is 1. The van der Waals surface area contributed by atoms with Crippen molar-refractivity contribution in [1.29, 1.82) is 0 Å². The second-order valence-electron chi connectivity index (χ2n) is 4.06. The largest absolute Gasteiger partial charge is 0.480 e. The molecule has 0 aromatic heterocycles. The molecule has 0 aliphatic carbocycles. The lowest BCUT2D eigenvalue weighted by molar-refractivity contribution is -0.138. The molecule has 0 aliphatic heterocycles. The van der Waals surface area contributed by atoms with Gasteiger partial charge in [0.05, 0.1) is 0 Å². The van der Waals surface area contributed by atoms with Gasteiger partial charge >= 0.3 is 5.97 Å². The van der Waals surface area contributed by atoms with Gasteiger partial charge in [-0.1, -0.05) is 18.2 Å². The third kappa shape index (κ3) is 6.79. The van der Waals surface area contributed by atoms with Gasteiger partial charge in [-0.15, -0.1) is 12.4 Å². The lowest BCUT2D eigenvalue weighted by atomic mass is 10.1. The van der Waals surface area contributed by atoms with Crippen LogP contribution >= 0.6 is 12.4 Å². The highest BCUT2D eigenvalue weighted by Crippen LogP contribution is 2.00. The van der Waals surface area contributed by atoms with E-state index in [0.29, 0.717) is 24.9 Å². The molecule has 0 saturated carbocycles. The molecule has 0 bridgehead atoms. The van der Waals surface area contributed by atoms with E-state index in [0.717, 1.165) is 6.42 Å². The molecule has 19 heavy (non-hydrogen) atoms. The predicted molar refractivity (Wildman–Crippen MR) is 75.5 cm³/mol. The van der Waals surface area contributed by atoms with Gasteiger partial charge in [0.2, 0.25) is 0 Å². The van der Waals surface area contributed by atoms with Gasteiger partial charge in [0.1, 0.15) is 6.04 Å². The van der Waals surface area contributed by atoms with Crippen LogP contribution in [-0.2, 0) is 4.79 Å². The summed E-state index contributed by atoms with van der Waals surface area (Å²) in [5.74, 6) is -1.10. The lowest BCUT2D eigenvalue weighted by Gasteiger charge is -2.07. The number of unbranched alkanes of at least 4 members (excludes halogenated alkanes) is 1. The molecule has 1 aromatic rings. The molecule has 5 nitrogen and oxygen atoms in total. The molecule has 0 spiro atoms. The van der Waals surface area contributed by atoms with Crippen LogP contribution in [-0.4, -0.2) is 29.6 Å². The van der Waals surface area contributed by atoms with Crippen LogP contribution in [0.2, 0.25) is 0 Å². The molecule has 1 unspecified atom stereocenters. The lowest BCUT2D eigenvalue weighted by Crippen LogP contribution is -2.30. The zero-order chi connectivity index (χ0) is 13.4. The van der Waals surface area contributed by atoms with Crippen molar-refractivity contribution in [2.75, 3.05) is 6.54 Å². The van der Waals surface area contributed by atoms with Crippen molar-refractivity contribution in [3.63, 3.8) is 0 Å². The van der Waals surface area contributed by atoms with Crippen LogP contribution in [0.4, 0.5) is 0 Å². The summed E-state index contributed by atoms with van der Waals surface area (Å²) in [7, 11) is 0. The smallest absolute Gasteiger partial charge is 0.320 e. The van der Waals surface area contributed by atoms with Crippen molar-refractivity contribution in [2.45, 2.75) is 25.3 Å². The third-order valence-electron chi connectivity index (χ3n) is 2.58. The van der Waals surface area contributed by atoms with E-state index < -0.39 is 12.0 Å². The van der Waals surface area contributed by atoms with Gasteiger partial charge < -0.3 is 16.2 Å². The van der Waals surface area contributed by atoms with Gasteiger partial charge in [0.25, 0.3) is 5.91 Å². The second-order valence-corrected chi connectivity index (χ2v) is 4.06. The number of rotatable bonds is 7. The molecule has 0 aliphatic rings. The van der Waals surface area contributed by atoms with Gasteiger partial charge in [-0.2, -0.15) is 0 Å². The Hall–Kier alpha value is -1.59. The minimum Gasteiger partial charge on any atom is -0.480 e. The van der Waals surface area contributed by atoms with Crippen LogP contribution in [0.25, 0.3) is 0 Å². The van der Waals surface area contributed by atoms with E-state index in [1.807, 2.05) is 6.07 Å². The average Bonchev–Trinajstić information content (AvgIpc) is 2.38. The molecule has 1 atom stereocenters. The summed E-state index contributed by atoms with van der Waals surface area (Å²) in [6.45, 7) is 0.528. The number of amides is 1. The van der Waals surface area contributed by atoms with Crippen molar-refractivity contribution in [3.8, 4) is 0 Å². The Morgan fingerprint density at radius 2 is 1.84 bits per heavy atom. The summed E-state index contributed by atoms with van der Waals surface area (Å²) in [5.41, 5.74) is 5.99. The van der Waals surface area contributed by atoms with E-state index >= 15 is 0 Å². The molecule has 0 fully saturated rings. The molecule has 4 N–H and O–H groups in total. The molecule has 1 aromatic carbocycles. The first-order valence-electron chi connectivity index (χ1n) is 5.93. The van der Waals surface area contributed by atoms with Crippen molar-refractivity contribution >= 4 is 24.3 Å². The number of hydrogen-bond acceptors (Lipinski definition) is 3. The quantitative estimate of drug-likeness (QED) is 0.661. The third-order valence-corrected chi connectivity index (χ3v) is 2.58. The van der Waals surface area contributed by atoms with Crippen molar-refractivity contribution in [1.82, 2.24) is 5.32 Å². The van der Waals surface area contributed by atoms with Gasteiger partial charge in [-0.05, 0) is 31.4 Å². The monoisotopic (exact) mass is 286 g/mol. The normalized spacial score (nSPS) is 11.2. The highest BCUT2D eigenvalue weighted by molar-refractivity contribution is 5.94. The van der Waals surface area contributed by atoms with Crippen LogP contribution in [0.5, 0.6) is 0 Å². The first-order chi connectivity index (χ1) is 8.61. The van der Waals surface area contributed by atoms with E-state index in [4.69, 9.17) is 10.8 Å². The zero-order valence-electron chi connectivity index (χ0n) is 10.5.